The molecule has 0 aliphatic rings. The summed E-state index contributed by atoms with van der Waals surface area (Å²) in [5.41, 5.74) is 5.67. The van der Waals surface area contributed by atoms with Crippen molar-refractivity contribution in [3.8, 4) is 22.4 Å². The number of rotatable bonds is 3. The summed E-state index contributed by atoms with van der Waals surface area (Å²) in [4.78, 5) is 0. The van der Waals surface area contributed by atoms with Crippen LogP contribution in [-0.4, -0.2) is 0 Å². The Morgan fingerprint density at radius 1 is 0.926 bits per heavy atom. The van der Waals surface area contributed by atoms with E-state index in [0.717, 1.165) is 33.5 Å². The summed E-state index contributed by atoms with van der Waals surface area (Å²) in [7, 11) is 1.82. The largest absolute Gasteiger partial charge is 0.212 e. The maximum atomic E-state index is 8.84. The first-order valence-corrected chi connectivity index (χ1v) is 9.36. The fourth-order valence-corrected chi connectivity index (χ4v) is 3.48. The van der Waals surface area contributed by atoms with Gasteiger partial charge in [0.15, 0.2) is 6.20 Å². The van der Waals surface area contributed by atoms with E-state index >= 15 is 0 Å². The molecule has 1 nitrogen and oxygen atoms in total. The predicted molar refractivity (Wildman–Crippen MR) is 116 cm³/mol. The minimum absolute atomic E-state index is 0.0525. The van der Waals surface area contributed by atoms with Crippen LogP contribution < -0.4 is 4.57 Å². The number of pyridine rings is 1. The van der Waals surface area contributed by atoms with Crippen LogP contribution in [0.1, 0.15) is 49.9 Å². The zero-order valence-corrected chi connectivity index (χ0v) is 17.1. The van der Waals surface area contributed by atoms with Gasteiger partial charge >= 0.3 is 0 Å². The molecule has 0 aliphatic heterocycles. The van der Waals surface area contributed by atoms with E-state index in [9.17, 15) is 0 Å². The molecule has 1 heterocycles. The summed E-state index contributed by atoms with van der Waals surface area (Å²) in [6, 6.07) is 16.1. The Bertz CT molecular complexity index is 1140. The van der Waals surface area contributed by atoms with Crippen molar-refractivity contribution in [1.82, 2.24) is 0 Å². The van der Waals surface area contributed by atoms with Gasteiger partial charge < -0.3 is 0 Å². The lowest BCUT2D eigenvalue weighted by Crippen LogP contribution is -2.32. The molecule has 2 aromatic carbocycles. The Morgan fingerprint density at radius 2 is 1.59 bits per heavy atom. The van der Waals surface area contributed by atoms with Gasteiger partial charge in [0.25, 0.3) is 0 Å². The van der Waals surface area contributed by atoms with Gasteiger partial charge in [0, 0.05) is 24.0 Å². The minimum Gasteiger partial charge on any atom is -0.201 e. The molecule has 0 atom stereocenters. The zero-order valence-electron chi connectivity index (χ0n) is 22.1. The van der Waals surface area contributed by atoms with Gasteiger partial charge in [-0.15, -0.1) is 0 Å². The molecule has 0 aliphatic carbocycles. The van der Waals surface area contributed by atoms with E-state index < -0.39 is 18.6 Å². The minimum atomic E-state index is -2.41. The van der Waals surface area contributed by atoms with Crippen molar-refractivity contribution in [1.29, 1.82) is 0 Å². The van der Waals surface area contributed by atoms with Gasteiger partial charge in [0.1, 0.15) is 7.05 Å². The molecule has 27 heavy (non-hydrogen) atoms. The molecule has 3 aromatic rings. The molecule has 0 N–H and O–H groups in total. The molecule has 3 rings (SSSR count). The molecule has 0 saturated heterocycles. The number of benzene rings is 2. The molecule has 1 aromatic heterocycles. The summed E-state index contributed by atoms with van der Waals surface area (Å²) in [5.74, 6) is 0. The molecule has 0 amide bonds. The molecule has 0 spiro atoms. The SMILES string of the molecule is [2H]C([2H])([2H])c1c[n+](C)c(-c2cc(-c3ccccc3)c(C)cc2C)cc1C([2H])([2H])C(C)(C)C. The van der Waals surface area contributed by atoms with E-state index in [2.05, 4.69) is 31.2 Å². The number of aryl methyl sites for hydroxylation is 4. The van der Waals surface area contributed by atoms with Crippen LogP contribution in [0.5, 0.6) is 0 Å². The first-order valence-electron chi connectivity index (χ1n) is 11.9. The van der Waals surface area contributed by atoms with Crippen LogP contribution in [0.25, 0.3) is 22.4 Å². The fraction of sp³-hybridized carbons (Fsp3) is 0.346. The highest BCUT2D eigenvalue weighted by atomic mass is 14.9. The van der Waals surface area contributed by atoms with Gasteiger partial charge in [0.05, 0.1) is 0 Å². The van der Waals surface area contributed by atoms with Crippen molar-refractivity contribution in [2.24, 2.45) is 12.5 Å². The maximum Gasteiger partial charge on any atom is 0.212 e. The number of hydrogen-bond donors (Lipinski definition) is 0. The molecule has 0 unspecified atom stereocenters. The molecule has 0 bridgehead atoms. The highest BCUT2D eigenvalue weighted by molar-refractivity contribution is 5.75. The van der Waals surface area contributed by atoms with Crippen molar-refractivity contribution in [2.75, 3.05) is 0 Å². The van der Waals surface area contributed by atoms with Crippen LogP contribution in [0.3, 0.4) is 0 Å². The third-order valence-electron chi connectivity index (χ3n) is 4.72. The topological polar surface area (TPSA) is 3.88 Å². The molecule has 1 heteroatoms. The van der Waals surface area contributed by atoms with Crippen molar-refractivity contribution < 1.29 is 11.4 Å². The van der Waals surface area contributed by atoms with Crippen molar-refractivity contribution >= 4 is 0 Å². The average Bonchev–Trinajstić information content (AvgIpc) is 2.67. The second-order valence-electron chi connectivity index (χ2n) is 8.32. The molecular weight excluding hydrogens is 326 g/mol. The Morgan fingerprint density at radius 3 is 2.22 bits per heavy atom. The Labute approximate surface area is 171 Å². The highest BCUT2D eigenvalue weighted by Gasteiger charge is 2.20. The van der Waals surface area contributed by atoms with Crippen LogP contribution in [0.4, 0.5) is 0 Å². The van der Waals surface area contributed by atoms with Gasteiger partial charge in [-0.3, -0.25) is 0 Å². The van der Waals surface area contributed by atoms with E-state index in [0.29, 0.717) is 0 Å². The van der Waals surface area contributed by atoms with Crippen LogP contribution in [0.15, 0.2) is 54.7 Å². The van der Waals surface area contributed by atoms with Crippen LogP contribution >= 0.6 is 0 Å². The second-order valence-corrected chi connectivity index (χ2v) is 8.32. The second kappa shape index (κ2) is 7.31. The molecule has 0 fully saturated rings. The lowest BCUT2D eigenvalue weighted by atomic mass is 9.86. The molecular formula is C26H32N+. The van der Waals surface area contributed by atoms with Crippen LogP contribution in [-0.2, 0) is 13.4 Å². The summed E-state index contributed by atoms with van der Waals surface area (Å²) in [6.07, 6.45) is -0.261. The first-order chi connectivity index (χ1) is 14.6. The van der Waals surface area contributed by atoms with E-state index in [1.54, 1.807) is 37.6 Å². The van der Waals surface area contributed by atoms with E-state index in [1.165, 1.54) is 0 Å². The van der Waals surface area contributed by atoms with E-state index in [-0.39, 0.29) is 11.1 Å². The van der Waals surface area contributed by atoms with Crippen LogP contribution in [0, 0.1) is 26.1 Å². The monoisotopic (exact) mass is 363 g/mol. The average molecular weight is 364 g/mol. The summed E-state index contributed by atoms with van der Waals surface area (Å²) < 4.78 is 43.6. The van der Waals surface area contributed by atoms with E-state index in [1.807, 2.05) is 32.2 Å². The van der Waals surface area contributed by atoms with Gasteiger partial charge in [0.2, 0.25) is 5.69 Å². The zero-order chi connectivity index (χ0) is 24.1. The van der Waals surface area contributed by atoms with Crippen LogP contribution in [0.2, 0.25) is 0 Å². The quantitative estimate of drug-likeness (QED) is 0.477. The van der Waals surface area contributed by atoms with Gasteiger partial charge in [-0.25, -0.2) is 4.57 Å². The summed E-state index contributed by atoms with van der Waals surface area (Å²) >= 11 is 0. The smallest absolute Gasteiger partial charge is 0.201 e. The third kappa shape index (κ3) is 4.30. The maximum absolute atomic E-state index is 8.84. The van der Waals surface area contributed by atoms with Gasteiger partial charge in [-0.1, -0.05) is 57.2 Å². The van der Waals surface area contributed by atoms with Crippen molar-refractivity contribution in [3.05, 3.63) is 77.0 Å². The standard InChI is InChI=1S/C26H32N/c1-18-13-19(2)24(15-23(18)21-11-9-8-10-12-21)25-14-22(16-26(4,5)6)20(3)17-27(25)7/h8-15,17H,16H2,1-7H3/q+1/i3D3,16D2. The number of hydrogen-bond acceptors (Lipinski definition) is 0. The van der Waals surface area contributed by atoms with Crippen molar-refractivity contribution in [2.45, 2.75) is 47.8 Å². The Balaban J connectivity index is 2.34. The Hall–Kier alpha value is -2.41. The van der Waals surface area contributed by atoms with E-state index in [4.69, 9.17) is 6.85 Å². The fourth-order valence-electron chi connectivity index (χ4n) is 3.48. The van der Waals surface area contributed by atoms with Crippen molar-refractivity contribution in [3.63, 3.8) is 0 Å². The van der Waals surface area contributed by atoms with Gasteiger partial charge in [-0.05, 0) is 66.4 Å². The summed E-state index contributed by atoms with van der Waals surface area (Å²) in [6.45, 7) is 7.10. The molecule has 140 valence electrons. The lowest BCUT2D eigenvalue weighted by molar-refractivity contribution is -0.660. The predicted octanol–water partition coefficient (Wildman–Crippen LogP) is 6.36. The first kappa shape index (κ1) is 13.7. The third-order valence-corrected chi connectivity index (χ3v) is 4.72. The highest BCUT2D eigenvalue weighted by Crippen LogP contribution is 2.32. The normalized spacial score (nSPS) is 15.4. The number of nitrogens with zero attached hydrogens (tertiary/aromatic N) is 1. The molecule has 0 radical (unpaired) electrons. The lowest BCUT2D eigenvalue weighted by Gasteiger charge is -2.20. The Kier molecular flexibility index (Phi) is 3.71. The molecule has 0 saturated carbocycles. The van der Waals surface area contributed by atoms with Gasteiger partial charge in [-0.2, -0.15) is 0 Å². The number of aromatic nitrogens is 1. The summed E-state index contributed by atoms with van der Waals surface area (Å²) in [5, 5.41) is 0.